The van der Waals surface area contributed by atoms with Crippen molar-refractivity contribution in [2.24, 2.45) is 0 Å². The molecule has 6 nitrogen and oxygen atoms in total. The van der Waals surface area contributed by atoms with Crippen LogP contribution in [-0.4, -0.2) is 52.0 Å². The molecule has 1 fully saturated rings. The number of sulfonamides is 1. The maximum absolute atomic E-state index is 12.6. The Bertz CT molecular complexity index is 887. The second-order valence-corrected chi connectivity index (χ2v) is 8.75. The second kappa shape index (κ2) is 9.32. The number of rotatable bonds is 8. The third-order valence-electron chi connectivity index (χ3n) is 4.85. The minimum Gasteiger partial charge on any atom is -0.385 e. The Morgan fingerprint density at radius 2 is 1.57 bits per heavy atom. The summed E-state index contributed by atoms with van der Waals surface area (Å²) in [5.74, 6) is -0.116. The van der Waals surface area contributed by atoms with Crippen molar-refractivity contribution in [3.05, 3.63) is 54.1 Å². The van der Waals surface area contributed by atoms with E-state index in [0.717, 1.165) is 30.4 Å². The molecule has 150 valence electrons. The van der Waals surface area contributed by atoms with Gasteiger partial charge in [-0.1, -0.05) is 24.3 Å². The van der Waals surface area contributed by atoms with Gasteiger partial charge in [-0.05, 0) is 54.7 Å². The highest BCUT2D eigenvalue weighted by Gasteiger charge is 2.26. The van der Waals surface area contributed by atoms with Gasteiger partial charge in [0.15, 0.2) is 0 Å². The number of methoxy groups -OCH3 is 1. The van der Waals surface area contributed by atoms with E-state index < -0.39 is 10.0 Å². The van der Waals surface area contributed by atoms with E-state index in [1.165, 1.54) is 0 Å². The van der Waals surface area contributed by atoms with Crippen molar-refractivity contribution in [2.45, 2.75) is 24.2 Å². The number of ether oxygens (including phenoxy) is 1. The number of hydrogen-bond acceptors (Lipinski definition) is 4. The highest BCUT2D eigenvalue weighted by molar-refractivity contribution is 7.89. The Morgan fingerprint density at radius 1 is 1.00 bits per heavy atom. The largest absolute Gasteiger partial charge is 0.385 e. The predicted octanol–water partition coefficient (Wildman–Crippen LogP) is 2.90. The van der Waals surface area contributed by atoms with Crippen LogP contribution in [0.5, 0.6) is 0 Å². The van der Waals surface area contributed by atoms with E-state index in [2.05, 4.69) is 5.32 Å². The highest BCUT2D eigenvalue weighted by atomic mass is 32.2. The average molecular weight is 403 g/mol. The van der Waals surface area contributed by atoms with Gasteiger partial charge in [-0.15, -0.1) is 0 Å². The summed E-state index contributed by atoms with van der Waals surface area (Å²) in [5, 5.41) is 2.85. The summed E-state index contributed by atoms with van der Waals surface area (Å²) in [5.41, 5.74) is 2.43. The molecule has 0 aromatic heterocycles. The van der Waals surface area contributed by atoms with E-state index in [0.29, 0.717) is 36.7 Å². The van der Waals surface area contributed by atoms with Crippen LogP contribution < -0.4 is 5.32 Å². The van der Waals surface area contributed by atoms with E-state index in [-0.39, 0.29) is 5.91 Å². The topological polar surface area (TPSA) is 75.7 Å². The monoisotopic (exact) mass is 402 g/mol. The Labute approximate surface area is 166 Å². The molecular formula is C21H26N2O4S. The van der Waals surface area contributed by atoms with Gasteiger partial charge in [0.1, 0.15) is 0 Å². The fourth-order valence-corrected chi connectivity index (χ4v) is 4.75. The second-order valence-electron chi connectivity index (χ2n) is 6.82. The molecule has 0 radical (unpaired) electrons. The molecule has 7 heteroatoms. The van der Waals surface area contributed by atoms with Crippen LogP contribution in [0.3, 0.4) is 0 Å². The molecule has 0 saturated carbocycles. The first kappa shape index (κ1) is 20.5. The van der Waals surface area contributed by atoms with Gasteiger partial charge < -0.3 is 10.1 Å². The molecule has 1 amide bonds. The van der Waals surface area contributed by atoms with E-state index in [1.54, 1.807) is 35.7 Å². The summed E-state index contributed by atoms with van der Waals surface area (Å²) >= 11 is 0. The summed E-state index contributed by atoms with van der Waals surface area (Å²) in [6, 6.07) is 14.2. The molecule has 0 aliphatic carbocycles. The van der Waals surface area contributed by atoms with Gasteiger partial charge in [-0.3, -0.25) is 4.79 Å². The zero-order valence-electron chi connectivity index (χ0n) is 16.1. The van der Waals surface area contributed by atoms with Gasteiger partial charge >= 0.3 is 0 Å². The zero-order valence-corrected chi connectivity index (χ0v) is 16.9. The highest BCUT2D eigenvalue weighted by Crippen LogP contribution is 2.25. The van der Waals surface area contributed by atoms with Crippen LogP contribution in [0.4, 0.5) is 0 Å². The number of carbonyl (C=O) groups is 1. The van der Waals surface area contributed by atoms with Crippen LogP contribution in [0.15, 0.2) is 53.4 Å². The molecule has 1 aliphatic heterocycles. The zero-order chi connectivity index (χ0) is 20.0. The van der Waals surface area contributed by atoms with Crippen LogP contribution in [0.1, 0.15) is 29.6 Å². The lowest BCUT2D eigenvalue weighted by Crippen LogP contribution is -2.27. The van der Waals surface area contributed by atoms with Crippen LogP contribution in [-0.2, 0) is 14.8 Å². The molecule has 1 heterocycles. The van der Waals surface area contributed by atoms with Crippen molar-refractivity contribution in [1.82, 2.24) is 9.62 Å². The third kappa shape index (κ3) is 4.79. The number of carbonyl (C=O) groups excluding carboxylic acids is 1. The number of hydrogen-bond donors (Lipinski definition) is 1. The van der Waals surface area contributed by atoms with Gasteiger partial charge in [0.25, 0.3) is 5.91 Å². The Hall–Kier alpha value is -2.22. The molecule has 1 aliphatic rings. The third-order valence-corrected chi connectivity index (χ3v) is 6.76. The molecule has 0 unspecified atom stereocenters. The Kier molecular flexibility index (Phi) is 6.83. The SMILES string of the molecule is COCCCNC(=O)c1ccc(-c2ccc(S(=O)(=O)N3CCCC3)cc2)cc1. The molecule has 3 rings (SSSR count). The van der Waals surface area contributed by atoms with Gasteiger partial charge in [0, 0.05) is 38.9 Å². The first-order valence-corrected chi connectivity index (χ1v) is 10.9. The van der Waals surface area contributed by atoms with Gasteiger partial charge in [-0.2, -0.15) is 4.31 Å². The lowest BCUT2D eigenvalue weighted by Gasteiger charge is -2.15. The number of benzene rings is 2. The normalized spacial score (nSPS) is 14.9. The van der Waals surface area contributed by atoms with Crippen LogP contribution in [0.25, 0.3) is 11.1 Å². The first-order valence-electron chi connectivity index (χ1n) is 9.50. The van der Waals surface area contributed by atoms with E-state index in [1.807, 2.05) is 24.3 Å². The lowest BCUT2D eigenvalue weighted by atomic mass is 10.0. The standard InChI is InChI=1S/C21H26N2O4S/c1-27-16-4-13-22-21(24)19-7-5-17(6-8-19)18-9-11-20(12-10-18)28(25,26)23-14-2-3-15-23/h5-12H,2-4,13-16H2,1H3,(H,22,24). The molecule has 0 atom stereocenters. The predicted molar refractivity (Wildman–Crippen MR) is 109 cm³/mol. The minimum atomic E-state index is -3.40. The number of amides is 1. The van der Waals surface area contributed by atoms with Gasteiger partial charge in [0.2, 0.25) is 10.0 Å². The fourth-order valence-electron chi connectivity index (χ4n) is 3.23. The quantitative estimate of drug-likeness (QED) is 0.689. The minimum absolute atomic E-state index is 0.116. The van der Waals surface area contributed by atoms with Crippen molar-refractivity contribution in [3.8, 4) is 11.1 Å². The Morgan fingerprint density at radius 3 is 2.14 bits per heavy atom. The fraction of sp³-hybridized carbons (Fsp3) is 0.381. The van der Waals surface area contributed by atoms with E-state index >= 15 is 0 Å². The molecule has 2 aromatic rings. The van der Waals surface area contributed by atoms with Crippen molar-refractivity contribution < 1.29 is 17.9 Å². The van der Waals surface area contributed by atoms with Crippen LogP contribution in [0, 0.1) is 0 Å². The molecule has 0 bridgehead atoms. The first-order chi connectivity index (χ1) is 13.5. The van der Waals surface area contributed by atoms with Crippen molar-refractivity contribution in [2.75, 3.05) is 33.4 Å². The van der Waals surface area contributed by atoms with Gasteiger partial charge in [0.05, 0.1) is 4.90 Å². The summed E-state index contributed by atoms with van der Waals surface area (Å²) in [6.45, 7) is 2.38. The van der Waals surface area contributed by atoms with Crippen molar-refractivity contribution >= 4 is 15.9 Å². The number of nitrogens with zero attached hydrogens (tertiary/aromatic N) is 1. The maximum Gasteiger partial charge on any atom is 0.251 e. The molecule has 0 spiro atoms. The molecule has 1 saturated heterocycles. The summed E-state index contributed by atoms with van der Waals surface area (Å²) in [7, 11) is -1.76. The number of nitrogens with one attached hydrogen (secondary N) is 1. The smallest absolute Gasteiger partial charge is 0.251 e. The average Bonchev–Trinajstić information content (AvgIpc) is 3.27. The molecule has 28 heavy (non-hydrogen) atoms. The van der Waals surface area contributed by atoms with Gasteiger partial charge in [-0.25, -0.2) is 8.42 Å². The van der Waals surface area contributed by atoms with Crippen molar-refractivity contribution in [3.63, 3.8) is 0 Å². The summed E-state index contributed by atoms with van der Waals surface area (Å²) < 4.78 is 31.7. The Balaban J connectivity index is 1.66. The van der Waals surface area contributed by atoms with Crippen LogP contribution >= 0.6 is 0 Å². The van der Waals surface area contributed by atoms with E-state index in [4.69, 9.17) is 4.74 Å². The molecule has 2 aromatic carbocycles. The lowest BCUT2D eigenvalue weighted by molar-refractivity contribution is 0.0948. The maximum atomic E-state index is 12.6. The van der Waals surface area contributed by atoms with Crippen molar-refractivity contribution in [1.29, 1.82) is 0 Å². The summed E-state index contributed by atoms with van der Waals surface area (Å²) in [6.07, 6.45) is 2.61. The summed E-state index contributed by atoms with van der Waals surface area (Å²) in [4.78, 5) is 12.4. The molecule has 1 N–H and O–H groups in total. The van der Waals surface area contributed by atoms with E-state index in [9.17, 15) is 13.2 Å². The van der Waals surface area contributed by atoms with Crippen LogP contribution in [0.2, 0.25) is 0 Å². The molecular weight excluding hydrogens is 376 g/mol.